The van der Waals surface area contributed by atoms with Crippen molar-refractivity contribution in [2.45, 2.75) is 32.8 Å². The van der Waals surface area contributed by atoms with E-state index in [1.807, 2.05) is 0 Å². The number of Topliss-reactive ketones (excluding diaryl/α,β-unsaturated/α-hetero) is 1. The summed E-state index contributed by atoms with van der Waals surface area (Å²) in [4.78, 5) is 49.5. The molecule has 0 unspecified atom stereocenters. The predicted molar refractivity (Wildman–Crippen MR) is 108 cm³/mol. The van der Waals surface area contributed by atoms with Crippen LogP contribution >= 0.6 is 0 Å². The number of carbonyl (C=O) groups excluding carboxylic acids is 4. The molecule has 7 nitrogen and oxygen atoms in total. The van der Waals surface area contributed by atoms with Gasteiger partial charge in [-0.2, -0.15) is 0 Å². The van der Waals surface area contributed by atoms with Crippen molar-refractivity contribution in [1.82, 2.24) is 0 Å². The molecule has 29 heavy (non-hydrogen) atoms. The Morgan fingerprint density at radius 2 is 1.79 bits per heavy atom. The van der Waals surface area contributed by atoms with E-state index in [9.17, 15) is 19.2 Å². The molecule has 1 atom stereocenters. The van der Waals surface area contributed by atoms with Gasteiger partial charge in [-0.1, -0.05) is 12.1 Å². The summed E-state index contributed by atoms with van der Waals surface area (Å²) in [6.07, 6.45) is 0.333. The molecular formula is C22H22N2O5. The molecule has 0 aliphatic carbocycles. The van der Waals surface area contributed by atoms with Gasteiger partial charge in [0.2, 0.25) is 5.91 Å². The largest absolute Gasteiger partial charge is 0.449 e. The van der Waals surface area contributed by atoms with Crippen molar-refractivity contribution >= 4 is 34.9 Å². The van der Waals surface area contributed by atoms with Crippen LogP contribution in [0.1, 0.15) is 47.4 Å². The zero-order valence-electron chi connectivity index (χ0n) is 16.3. The van der Waals surface area contributed by atoms with E-state index in [1.54, 1.807) is 53.4 Å². The third-order valence-corrected chi connectivity index (χ3v) is 4.68. The smallest absolute Gasteiger partial charge is 0.338 e. The minimum Gasteiger partial charge on any atom is -0.449 e. The molecule has 0 aromatic heterocycles. The molecule has 2 aromatic rings. The van der Waals surface area contributed by atoms with Crippen LogP contribution in [0.3, 0.4) is 0 Å². The quantitative estimate of drug-likeness (QED) is 0.600. The summed E-state index contributed by atoms with van der Waals surface area (Å²) < 4.78 is 5.24. The van der Waals surface area contributed by atoms with E-state index < -0.39 is 18.0 Å². The van der Waals surface area contributed by atoms with Crippen LogP contribution < -0.4 is 10.2 Å². The highest BCUT2D eigenvalue weighted by Gasteiger charge is 2.23. The Balaban J connectivity index is 1.59. The van der Waals surface area contributed by atoms with Gasteiger partial charge in [-0.25, -0.2) is 4.79 Å². The highest BCUT2D eigenvalue weighted by Crippen LogP contribution is 2.22. The van der Waals surface area contributed by atoms with Crippen LogP contribution in [-0.2, 0) is 14.3 Å². The lowest BCUT2D eigenvalue weighted by Crippen LogP contribution is -2.30. The standard InChI is InChI=1S/C22H22N2O5/c1-14(25)17-5-3-6-18(13-17)23-21(27)15(2)29-22(28)16-8-10-19(11-9-16)24-12-4-7-20(24)26/h3,5-6,8-11,13,15H,4,7,12H2,1-2H3,(H,23,27)/t15-/m0/s1. The lowest BCUT2D eigenvalue weighted by Gasteiger charge is -2.16. The minimum atomic E-state index is -1.02. The van der Waals surface area contributed by atoms with Gasteiger partial charge in [0.05, 0.1) is 5.56 Å². The number of hydrogen-bond acceptors (Lipinski definition) is 5. The molecule has 0 bridgehead atoms. The molecule has 1 fully saturated rings. The molecule has 0 radical (unpaired) electrons. The van der Waals surface area contributed by atoms with Crippen LogP contribution in [0.15, 0.2) is 48.5 Å². The Labute approximate surface area is 168 Å². The second-order valence-electron chi connectivity index (χ2n) is 6.87. The topological polar surface area (TPSA) is 92.8 Å². The van der Waals surface area contributed by atoms with Crippen molar-refractivity contribution < 1.29 is 23.9 Å². The first-order valence-electron chi connectivity index (χ1n) is 9.38. The SMILES string of the molecule is CC(=O)c1cccc(NC(=O)[C@H](C)OC(=O)c2ccc(N3CCCC3=O)cc2)c1. The zero-order chi connectivity index (χ0) is 21.0. The first kappa shape index (κ1) is 20.3. The molecule has 2 amide bonds. The summed E-state index contributed by atoms with van der Waals surface area (Å²) in [6.45, 7) is 3.58. The fourth-order valence-corrected chi connectivity index (χ4v) is 3.04. The number of ketones is 1. The highest BCUT2D eigenvalue weighted by molar-refractivity contribution is 6.00. The summed E-state index contributed by atoms with van der Waals surface area (Å²) in [5.74, 6) is -1.18. The Morgan fingerprint density at radius 3 is 2.41 bits per heavy atom. The number of rotatable bonds is 6. The molecule has 2 aromatic carbocycles. The molecule has 1 aliphatic rings. The van der Waals surface area contributed by atoms with Crippen molar-refractivity contribution in [3.63, 3.8) is 0 Å². The van der Waals surface area contributed by atoms with Gasteiger partial charge in [0.15, 0.2) is 11.9 Å². The Kier molecular flexibility index (Phi) is 6.07. The maximum Gasteiger partial charge on any atom is 0.338 e. The maximum absolute atomic E-state index is 12.3. The zero-order valence-corrected chi connectivity index (χ0v) is 16.3. The van der Waals surface area contributed by atoms with Crippen molar-refractivity contribution in [2.24, 2.45) is 0 Å². The monoisotopic (exact) mass is 394 g/mol. The van der Waals surface area contributed by atoms with Crippen molar-refractivity contribution in [3.8, 4) is 0 Å². The molecule has 0 spiro atoms. The Morgan fingerprint density at radius 1 is 1.07 bits per heavy atom. The van der Waals surface area contributed by atoms with E-state index in [2.05, 4.69) is 5.32 Å². The van der Waals surface area contributed by atoms with Crippen LogP contribution in [0.4, 0.5) is 11.4 Å². The fraction of sp³-hybridized carbons (Fsp3) is 0.273. The molecule has 1 N–H and O–H groups in total. The third kappa shape index (κ3) is 4.87. The Bertz CT molecular complexity index is 952. The molecule has 1 saturated heterocycles. The highest BCUT2D eigenvalue weighted by atomic mass is 16.5. The molecule has 1 aliphatic heterocycles. The van der Waals surface area contributed by atoms with E-state index in [0.717, 1.165) is 12.1 Å². The molecular weight excluding hydrogens is 372 g/mol. The number of anilines is 2. The Hall–Kier alpha value is -3.48. The van der Waals surface area contributed by atoms with E-state index in [-0.39, 0.29) is 11.7 Å². The lowest BCUT2D eigenvalue weighted by molar-refractivity contribution is -0.123. The molecule has 1 heterocycles. The van der Waals surface area contributed by atoms with Gasteiger partial charge in [0.1, 0.15) is 0 Å². The van der Waals surface area contributed by atoms with E-state index in [0.29, 0.717) is 29.8 Å². The van der Waals surface area contributed by atoms with Crippen LogP contribution in [0.25, 0.3) is 0 Å². The van der Waals surface area contributed by atoms with Gasteiger partial charge in [0.25, 0.3) is 5.91 Å². The number of benzene rings is 2. The summed E-state index contributed by atoms with van der Waals surface area (Å²) in [5.41, 5.74) is 1.95. The van der Waals surface area contributed by atoms with Gasteiger partial charge in [-0.05, 0) is 56.7 Å². The number of hydrogen-bond donors (Lipinski definition) is 1. The van der Waals surface area contributed by atoms with Crippen LogP contribution in [-0.4, -0.2) is 36.2 Å². The number of esters is 1. The lowest BCUT2D eigenvalue weighted by atomic mass is 10.1. The van der Waals surface area contributed by atoms with Gasteiger partial charge in [-0.3, -0.25) is 14.4 Å². The summed E-state index contributed by atoms with van der Waals surface area (Å²) >= 11 is 0. The van der Waals surface area contributed by atoms with Crippen molar-refractivity contribution in [3.05, 3.63) is 59.7 Å². The van der Waals surface area contributed by atoms with E-state index >= 15 is 0 Å². The number of ether oxygens (including phenoxy) is 1. The fourth-order valence-electron chi connectivity index (χ4n) is 3.04. The molecule has 0 saturated carbocycles. The summed E-state index contributed by atoms with van der Waals surface area (Å²) in [6, 6.07) is 13.1. The molecule has 3 rings (SSSR count). The second kappa shape index (κ2) is 8.68. The third-order valence-electron chi connectivity index (χ3n) is 4.68. The molecule has 150 valence electrons. The first-order valence-corrected chi connectivity index (χ1v) is 9.38. The van der Waals surface area contributed by atoms with Crippen molar-refractivity contribution in [2.75, 3.05) is 16.8 Å². The second-order valence-corrected chi connectivity index (χ2v) is 6.87. The average Bonchev–Trinajstić information content (AvgIpc) is 3.14. The normalized spacial score (nSPS) is 14.4. The number of carbonyl (C=O) groups is 4. The maximum atomic E-state index is 12.3. The summed E-state index contributed by atoms with van der Waals surface area (Å²) in [7, 11) is 0. The number of nitrogens with zero attached hydrogens (tertiary/aromatic N) is 1. The predicted octanol–water partition coefficient (Wildman–Crippen LogP) is 3.20. The average molecular weight is 394 g/mol. The van der Waals surface area contributed by atoms with Gasteiger partial charge >= 0.3 is 5.97 Å². The van der Waals surface area contributed by atoms with Crippen LogP contribution in [0, 0.1) is 0 Å². The van der Waals surface area contributed by atoms with E-state index in [4.69, 9.17) is 4.74 Å². The number of amides is 2. The van der Waals surface area contributed by atoms with Crippen LogP contribution in [0.2, 0.25) is 0 Å². The van der Waals surface area contributed by atoms with Gasteiger partial charge in [-0.15, -0.1) is 0 Å². The van der Waals surface area contributed by atoms with Crippen LogP contribution in [0.5, 0.6) is 0 Å². The van der Waals surface area contributed by atoms with E-state index in [1.165, 1.54) is 13.8 Å². The van der Waals surface area contributed by atoms with Gasteiger partial charge in [0, 0.05) is 29.9 Å². The van der Waals surface area contributed by atoms with Crippen molar-refractivity contribution in [1.29, 1.82) is 0 Å². The minimum absolute atomic E-state index is 0.0689. The first-order chi connectivity index (χ1) is 13.8. The van der Waals surface area contributed by atoms with Gasteiger partial charge < -0.3 is 15.0 Å². The summed E-state index contributed by atoms with van der Waals surface area (Å²) in [5, 5.41) is 2.63. The number of nitrogens with one attached hydrogen (secondary N) is 1. The molecule has 7 heteroatoms.